The van der Waals surface area contributed by atoms with Gasteiger partial charge in [-0.25, -0.2) is 0 Å². The fourth-order valence-corrected chi connectivity index (χ4v) is 2.49. The summed E-state index contributed by atoms with van der Waals surface area (Å²) < 4.78 is 0. The standard InChI is InChI=1S/C16H13Cl3N2O2/c17-12-5-1-4-11(9-12)16(23)21-20-14(22)8-7-10-3-2-6-13(18)15(10)19/h1-6,9H,7-8H2,(H,20,22)(H,21,23). The number of aryl methyl sites for hydroxylation is 1. The largest absolute Gasteiger partial charge is 0.273 e. The summed E-state index contributed by atoms with van der Waals surface area (Å²) in [5, 5.41) is 1.32. The molecule has 0 radical (unpaired) electrons. The Labute approximate surface area is 148 Å². The Morgan fingerprint density at radius 1 is 0.957 bits per heavy atom. The van der Waals surface area contributed by atoms with E-state index < -0.39 is 5.91 Å². The zero-order valence-corrected chi connectivity index (χ0v) is 14.2. The average molecular weight is 372 g/mol. The van der Waals surface area contributed by atoms with E-state index >= 15 is 0 Å². The summed E-state index contributed by atoms with van der Waals surface area (Å²) in [6.07, 6.45) is 0.578. The normalized spacial score (nSPS) is 10.2. The maximum Gasteiger partial charge on any atom is 0.269 e. The van der Waals surface area contributed by atoms with Gasteiger partial charge in [-0.3, -0.25) is 20.4 Å². The molecule has 0 saturated heterocycles. The molecule has 2 aromatic carbocycles. The van der Waals surface area contributed by atoms with Gasteiger partial charge in [0.1, 0.15) is 0 Å². The van der Waals surface area contributed by atoms with E-state index in [4.69, 9.17) is 34.8 Å². The van der Waals surface area contributed by atoms with E-state index in [2.05, 4.69) is 10.9 Å². The van der Waals surface area contributed by atoms with Crippen LogP contribution in [-0.2, 0) is 11.2 Å². The number of halogens is 3. The minimum atomic E-state index is -0.443. The number of hydrazine groups is 1. The number of hydrogen-bond acceptors (Lipinski definition) is 2. The second kappa shape index (κ2) is 8.20. The molecule has 4 nitrogen and oxygen atoms in total. The van der Waals surface area contributed by atoms with Gasteiger partial charge in [-0.15, -0.1) is 0 Å². The molecule has 0 heterocycles. The van der Waals surface area contributed by atoms with E-state index in [1.807, 2.05) is 0 Å². The van der Waals surface area contributed by atoms with Gasteiger partial charge in [0.25, 0.3) is 5.91 Å². The van der Waals surface area contributed by atoms with Crippen LogP contribution in [0.5, 0.6) is 0 Å². The predicted molar refractivity (Wildman–Crippen MR) is 91.8 cm³/mol. The highest BCUT2D eigenvalue weighted by atomic mass is 35.5. The molecule has 2 N–H and O–H groups in total. The minimum Gasteiger partial charge on any atom is -0.273 e. The van der Waals surface area contributed by atoms with Crippen LogP contribution in [0.15, 0.2) is 42.5 Å². The Morgan fingerprint density at radius 2 is 1.70 bits per heavy atom. The van der Waals surface area contributed by atoms with Gasteiger partial charge in [-0.1, -0.05) is 53.0 Å². The molecule has 0 saturated carbocycles. The summed E-state index contributed by atoms with van der Waals surface area (Å²) >= 11 is 17.8. The first-order valence-corrected chi connectivity index (χ1v) is 7.88. The van der Waals surface area contributed by atoms with Crippen LogP contribution in [0.2, 0.25) is 15.1 Å². The number of nitrogens with one attached hydrogen (secondary N) is 2. The average Bonchev–Trinajstić information content (AvgIpc) is 2.54. The minimum absolute atomic E-state index is 0.163. The van der Waals surface area contributed by atoms with Crippen LogP contribution in [0.4, 0.5) is 0 Å². The molecule has 0 bridgehead atoms. The quantitative estimate of drug-likeness (QED) is 0.797. The molecule has 23 heavy (non-hydrogen) atoms. The zero-order valence-electron chi connectivity index (χ0n) is 11.9. The highest BCUT2D eigenvalue weighted by Crippen LogP contribution is 2.26. The van der Waals surface area contributed by atoms with E-state index in [1.54, 1.807) is 36.4 Å². The Hall–Kier alpha value is -1.75. The van der Waals surface area contributed by atoms with Crippen LogP contribution >= 0.6 is 34.8 Å². The molecule has 2 rings (SSSR count). The topological polar surface area (TPSA) is 58.2 Å². The molecule has 7 heteroatoms. The third kappa shape index (κ3) is 5.13. The van der Waals surface area contributed by atoms with Gasteiger partial charge in [0.15, 0.2) is 0 Å². The molecule has 2 amide bonds. The fraction of sp³-hybridized carbons (Fsp3) is 0.125. The monoisotopic (exact) mass is 370 g/mol. The number of carbonyl (C=O) groups is 2. The van der Waals surface area contributed by atoms with Crippen LogP contribution in [0.1, 0.15) is 22.3 Å². The summed E-state index contributed by atoms with van der Waals surface area (Å²) in [5.41, 5.74) is 5.81. The lowest BCUT2D eigenvalue weighted by atomic mass is 10.1. The summed E-state index contributed by atoms with van der Waals surface area (Å²) in [5.74, 6) is -0.780. The van der Waals surface area contributed by atoms with E-state index in [0.717, 1.165) is 5.56 Å². The van der Waals surface area contributed by atoms with Gasteiger partial charge in [0.05, 0.1) is 10.0 Å². The van der Waals surface area contributed by atoms with Crippen molar-refractivity contribution in [2.45, 2.75) is 12.8 Å². The van der Waals surface area contributed by atoms with Gasteiger partial charge in [-0.05, 0) is 36.2 Å². The lowest BCUT2D eigenvalue weighted by Gasteiger charge is -2.08. The van der Waals surface area contributed by atoms with E-state index in [9.17, 15) is 9.59 Å². The van der Waals surface area contributed by atoms with Crippen molar-refractivity contribution in [1.82, 2.24) is 10.9 Å². The molecule has 0 unspecified atom stereocenters. The highest BCUT2D eigenvalue weighted by molar-refractivity contribution is 6.42. The van der Waals surface area contributed by atoms with Gasteiger partial charge in [-0.2, -0.15) is 0 Å². The summed E-state index contributed by atoms with van der Waals surface area (Å²) in [4.78, 5) is 23.6. The molecule has 0 aliphatic rings. The fourth-order valence-electron chi connectivity index (χ4n) is 1.88. The third-order valence-electron chi connectivity index (χ3n) is 3.06. The maximum atomic E-state index is 11.9. The summed E-state index contributed by atoms with van der Waals surface area (Å²) in [7, 11) is 0. The molecule has 120 valence electrons. The van der Waals surface area contributed by atoms with Crippen molar-refractivity contribution in [3.05, 3.63) is 68.7 Å². The first-order chi connectivity index (χ1) is 11.0. The SMILES string of the molecule is O=C(CCc1cccc(Cl)c1Cl)NNC(=O)c1cccc(Cl)c1. The van der Waals surface area contributed by atoms with Crippen molar-refractivity contribution in [1.29, 1.82) is 0 Å². The van der Waals surface area contributed by atoms with Crippen molar-refractivity contribution in [2.75, 3.05) is 0 Å². The lowest BCUT2D eigenvalue weighted by molar-refractivity contribution is -0.121. The summed E-state index contributed by atoms with van der Waals surface area (Å²) in [6.45, 7) is 0. The Bertz CT molecular complexity index is 735. The van der Waals surface area contributed by atoms with Gasteiger partial charge in [0.2, 0.25) is 5.91 Å². The van der Waals surface area contributed by atoms with E-state index in [-0.39, 0.29) is 12.3 Å². The molecule has 0 spiro atoms. The molecule has 0 aromatic heterocycles. The molecule has 0 aliphatic carbocycles. The third-order valence-corrected chi connectivity index (χ3v) is 4.15. The zero-order chi connectivity index (χ0) is 16.8. The van der Waals surface area contributed by atoms with E-state index in [1.165, 1.54) is 6.07 Å². The predicted octanol–water partition coefficient (Wildman–Crippen LogP) is 4.04. The summed E-state index contributed by atoms with van der Waals surface area (Å²) in [6, 6.07) is 11.7. The second-order valence-corrected chi connectivity index (χ2v) is 5.95. The lowest BCUT2D eigenvalue weighted by Crippen LogP contribution is -2.41. The second-order valence-electron chi connectivity index (χ2n) is 4.73. The first kappa shape index (κ1) is 17.6. The van der Waals surface area contributed by atoms with Crippen molar-refractivity contribution in [2.24, 2.45) is 0 Å². The smallest absolute Gasteiger partial charge is 0.269 e. The number of hydrogen-bond donors (Lipinski definition) is 2. The van der Waals surface area contributed by atoms with Gasteiger partial charge in [0, 0.05) is 17.0 Å². The Balaban J connectivity index is 1.83. The van der Waals surface area contributed by atoms with Gasteiger partial charge < -0.3 is 0 Å². The van der Waals surface area contributed by atoms with Crippen LogP contribution in [-0.4, -0.2) is 11.8 Å². The molecular formula is C16H13Cl3N2O2. The molecular weight excluding hydrogens is 359 g/mol. The van der Waals surface area contributed by atoms with Crippen molar-refractivity contribution in [3.8, 4) is 0 Å². The number of rotatable bonds is 4. The van der Waals surface area contributed by atoms with Crippen LogP contribution in [0, 0.1) is 0 Å². The Kier molecular flexibility index (Phi) is 6.28. The van der Waals surface area contributed by atoms with Gasteiger partial charge >= 0.3 is 0 Å². The molecule has 0 atom stereocenters. The molecule has 0 aliphatic heterocycles. The maximum absolute atomic E-state index is 11.9. The molecule has 0 fully saturated rings. The van der Waals surface area contributed by atoms with Crippen molar-refractivity contribution in [3.63, 3.8) is 0 Å². The Morgan fingerprint density at radius 3 is 2.43 bits per heavy atom. The van der Waals surface area contributed by atoms with Crippen molar-refractivity contribution < 1.29 is 9.59 Å². The van der Waals surface area contributed by atoms with Crippen molar-refractivity contribution >= 4 is 46.6 Å². The van der Waals surface area contributed by atoms with E-state index in [0.29, 0.717) is 27.1 Å². The number of carbonyl (C=O) groups excluding carboxylic acids is 2. The van der Waals surface area contributed by atoms with Crippen LogP contribution < -0.4 is 10.9 Å². The molecule has 2 aromatic rings. The van der Waals surface area contributed by atoms with Crippen LogP contribution in [0.25, 0.3) is 0 Å². The highest BCUT2D eigenvalue weighted by Gasteiger charge is 2.10. The van der Waals surface area contributed by atoms with Crippen LogP contribution in [0.3, 0.4) is 0 Å². The number of benzene rings is 2. The number of amides is 2. The first-order valence-electron chi connectivity index (χ1n) is 6.75.